The number of imide groups is 1. The third kappa shape index (κ3) is 2.79. The van der Waals surface area contributed by atoms with E-state index in [2.05, 4.69) is 28.1 Å². The third-order valence-corrected chi connectivity index (χ3v) is 4.25. The molecule has 1 fully saturated rings. The van der Waals surface area contributed by atoms with Gasteiger partial charge in [-0.15, -0.1) is 0 Å². The Bertz CT molecular complexity index is 323. The number of halogens is 1. The fraction of sp³-hybridized carbons (Fsp3) is 0.692. The highest BCUT2D eigenvalue weighted by Crippen LogP contribution is 2.43. The molecule has 1 aliphatic heterocycles. The van der Waals surface area contributed by atoms with Crippen molar-refractivity contribution < 1.29 is 9.59 Å². The highest BCUT2D eigenvalue weighted by Gasteiger charge is 2.43. The molecule has 3 nitrogen and oxygen atoms in total. The predicted octanol–water partition coefficient (Wildman–Crippen LogP) is 2.65. The zero-order valence-electron chi connectivity index (χ0n) is 9.95. The van der Waals surface area contributed by atoms with Gasteiger partial charge in [-0.3, -0.25) is 14.5 Å². The number of piperidine rings is 1. The van der Waals surface area contributed by atoms with Crippen LogP contribution in [-0.4, -0.2) is 28.6 Å². The molecule has 0 aromatic heterocycles. The Labute approximate surface area is 110 Å². The number of amides is 2. The first-order valence-corrected chi connectivity index (χ1v) is 7.33. The van der Waals surface area contributed by atoms with Gasteiger partial charge in [0.2, 0.25) is 11.8 Å². The van der Waals surface area contributed by atoms with E-state index in [0.717, 1.165) is 31.0 Å². The molecule has 0 saturated carbocycles. The maximum absolute atomic E-state index is 12.0. The molecule has 2 aliphatic rings. The molecular weight excluding hydrogens is 282 g/mol. The summed E-state index contributed by atoms with van der Waals surface area (Å²) >= 11 is 3.36. The van der Waals surface area contributed by atoms with E-state index >= 15 is 0 Å². The van der Waals surface area contributed by atoms with E-state index in [1.165, 1.54) is 4.90 Å². The highest BCUT2D eigenvalue weighted by molar-refractivity contribution is 9.09. The minimum absolute atomic E-state index is 0.0273. The Morgan fingerprint density at radius 3 is 2.24 bits per heavy atom. The Balaban J connectivity index is 1.94. The quantitative estimate of drug-likeness (QED) is 0.346. The first kappa shape index (κ1) is 12.8. The third-order valence-electron chi connectivity index (χ3n) is 3.69. The van der Waals surface area contributed by atoms with Crippen molar-refractivity contribution in [1.29, 1.82) is 0 Å². The second kappa shape index (κ2) is 5.34. The van der Waals surface area contributed by atoms with Crippen LogP contribution in [0.3, 0.4) is 0 Å². The van der Waals surface area contributed by atoms with Crippen LogP contribution < -0.4 is 0 Å². The van der Waals surface area contributed by atoms with Gasteiger partial charge in [0, 0.05) is 24.7 Å². The minimum Gasteiger partial charge on any atom is -0.283 e. The molecule has 1 saturated heterocycles. The summed E-state index contributed by atoms with van der Waals surface area (Å²) in [6.45, 7) is 0.590. The summed E-state index contributed by atoms with van der Waals surface area (Å²) in [6, 6.07) is 0. The molecule has 0 radical (unpaired) electrons. The average Bonchev–Trinajstić information content (AvgIpc) is 2.70. The summed E-state index contributed by atoms with van der Waals surface area (Å²) in [4.78, 5) is 25.5. The number of unbranched alkanes of at least 4 members (excludes halogenated alkanes) is 1. The molecule has 1 spiro atoms. The van der Waals surface area contributed by atoms with E-state index in [1.54, 1.807) is 0 Å². The fourth-order valence-electron chi connectivity index (χ4n) is 2.69. The minimum atomic E-state index is -0.0694. The normalized spacial score (nSPS) is 22.8. The summed E-state index contributed by atoms with van der Waals surface area (Å²) in [6.07, 6.45) is 8.96. The first-order valence-electron chi connectivity index (χ1n) is 6.21. The summed E-state index contributed by atoms with van der Waals surface area (Å²) in [5, 5.41) is 0.928. The number of likely N-dealkylation sites (tertiary alicyclic amines) is 1. The molecule has 0 atom stereocenters. The van der Waals surface area contributed by atoms with Gasteiger partial charge in [0.15, 0.2) is 0 Å². The Morgan fingerprint density at radius 2 is 1.71 bits per heavy atom. The van der Waals surface area contributed by atoms with Crippen molar-refractivity contribution in [2.75, 3.05) is 11.9 Å². The molecule has 1 aliphatic carbocycles. The Hall–Kier alpha value is -0.640. The lowest BCUT2D eigenvalue weighted by Crippen LogP contribution is -2.47. The first-order chi connectivity index (χ1) is 8.17. The van der Waals surface area contributed by atoms with Gasteiger partial charge in [0.1, 0.15) is 0 Å². The van der Waals surface area contributed by atoms with E-state index in [-0.39, 0.29) is 17.2 Å². The van der Waals surface area contributed by atoms with Gasteiger partial charge in [0.25, 0.3) is 0 Å². The molecule has 1 heterocycles. The van der Waals surface area contributed by atoms with Gasteiger partial charge in [-0.1, -0.05) is 28.1 Å². The number of rotatable bonds is 4. The lowest BCUT2D eigenvalue weighted by atomic mass is 9.75. The van der Waals surface area contributed by atoms with Crippen molar-refractivity contribution in [1.82, 2.24) is 4.90 Å². The van der Waals surface area contributed by atoms with Crippen molar-refractivity contribution in [3.8, 4) is 0 Å². The van der Waals surface area contributed by atoms with E-state index < -0.39 is 0 Å². The maximum Gasteiger partial charge on any atom is 0.229 e. The Morgan fingerprint density at radius 1 is 1.12 bits per heavy atom. The molecule has 0 aromatic rings. The number of hydrogen-bond donors (Lipinski definition) is 0. The van der Waals surface area contributed by atoms with Crippen molar-refractivity contribution in [3.63, 3.8) is 0 Å². The predicted molar refractivity (Wildman–Crippen MR) is 69.8 cm³/mol. The smallest absolute Gasteiger partial charge is 0.229 e. The van der Waals surface area contributed by atoms with Crippen LogP contribution in [0.4, 0.5) is 0 Å². The number of allylic oxidation sites excluding steroid dienone is 2. The van der Waals surface area contributed by atoms with E-state index in [1.807, 2.05) is 0 Å². The summed E-state index contributed by atoms with van der Waals surface area (Å²) in [5.41, 5.74) is -0.0694. The number of carbonyl (C=O) groups excluding carboxylic acids is 2. The van der Waals surface area contributed by atoms with Gasteiger partial charge in [-0.05, 0) is 31.1 Å². The van der Waals surface area contributed by atoms with Crippen LogP contribution in [0.1, 0.15) is 38.5 Å². The van der Waals surface area contributed by atoms with Crippen LogP contribution in [-0.2, 0) is 9.59 Å². The van der Waals surface area contributed by atoms with Crippen LogP contribution >= 0.6 is 15.9 Å². The molecule has 0 unspecified atom stereocenters. The van der Waals surface area contributed by atoms with Gasteiger partial charge in [-0.2, -0.15) is 0 Å². The zero-order valence-corrected chi connectivity index (χ0v) is 11.5. The number of carbonyl (C=O) groups is 2. The molecule has 0 bridgehead atoms. The molecule has 0 aromatic carbocycles. The summed E-state index contributed by atoms with van der Waals surface area (Å²) < 4.78 is 0. The number of alkyl halides is 1. The summed E-state index contributed by atoms with van der Waals surface area (Å²) in [7, 11) is 0. The SMILES string of the molecule is O=C1CC2(CC=CC2)CC(=O)N1CCCCBr. The van der Waals surface area contributed by atoms with Crippen LogP contribution in [0, 0.1) is 5.41 Å². The van der Waals surface area contributed by atoms with Crippen molar-refractivity contribution >= 4 is 27.7 Å². The van der Waals surface area contributed by atoms with Crippen LogP contribution in [0.2, 0.25) is 0 Å². The largest absolute Gasteiger partial charge is 0.283 e. The fourth-order valence-corrected chi connectivity index (χ4v) is 3.08. The van der Waals surface area contributed by atoms with Gasteiger partial charge >= 0.3 is 0 Å². The van der Waals surface area contributed by atoms with Gasteiger partial charge in [-0.25, -0.2) is 0 Å². The van der Waals surface area contributed by atoms with Crippen molar-refractivity contribution in [3.05, 3.63) is 12.2 Å². The molecule has 94 valence electrons. The molecular formula is C13H18BrNO2. The monoisotopic (exact) mass is 299 g/mol. The highest BCUT2D eigenvalue weighted by atomic mass is 79.9. The maximum atomic E-state index is 12.0. The van der Waals surface area contributed by atoms with E-state index in [9.17, 15) is 9.59 Å². The lowest BCUT2D eigenvalue weighted by Gasteiger charge is -2.37. The molecule has 4 heteroatoms. The van der Waals surface area contributed by atoms with Crippen LogP contribution in [0.5, 0.6) is 0 Å². The Kier molecular flexibility index (Phi) is 4.02. The molecule has 2 amide bonds. The van der Waals surface area contributed by atoms with Crippen molar-refractivity contribution in [2.24, 2.45) is 5.41 Å². The van der Waals surface area contributed by atoms with Gasteiger partial charge < -0.3 is 0 Å². The van der Waals surface area contributed by atoms with Crippen LogP contribution in [0.25, 0.3) is 0 Å². The number of hydrogen-bond acceptors (Lipinski definition) is 2. The standard InChI is InChI=1S/C13H18BrNO2/c14-7-3-4-8-15-11(16)9-13(10-12(15)17)5-1-2-6-13/h1-2H,3-10H2. The molecule has 0 N–H and O–H groups in total. The zero-order chi connectivity index (χ0) is 12.3. The molecule has 2 rings (SSSR count). The lowest BCUT2D eigenvalue weighted by molar-refractivity contribution is -0.153. The topological polar surface area (TPSA) is 37.4 Å². The van der Waals surface area contributed by atoms with E-state index in [0.29, 0.717) is 19.4 Å². The van der Waals surface area contributed by atoms with E-state index in [4.69, 9.17) is 0 Å². The second-order valence-corrected chi connectivity index (χ2v) is 5.86. The molecule has 17 heavy (non-hydrogen) atoms. The number of nitrogens with zero attached hydrogens (tertiary/aromatic N) is 1. The summed E-state index contributed by atoms with van der Waals surface area (Å²) in [5.74, 6) is 0.0547. The average molecular weight is 300 g/mol. The van der Waals surface area contributed by atoms with Crippen LogP contribution in [0.15, 0.2) is 12.2 Å². The van der Waals surface area contributed by atoms with Crippen molar-refractivity contribution in [2.45, 2.75) is 38.5 Å². The van der Waals surface area contributed by atoms with Gasteiger partial charge in [0.05, 0.1) is 0 Å². The second-order valence-electron chi connectivity index (χ2n) is 5.07.